The van der Waals surface area contributed by atoms with Crippen molar-refractivity contribution in [2.75, 3.05) is 7.05 Å². The first-order chi connectivity index (χ1) is 10.1. The minimum Gasteiger partial charge on any atom is -0.457 e. The number of para-hydroxylation sites is 1. The van der Waals surface area contributed by atoms with Gasteiger partial charge in [-0.1, -0.05) is 29.8 Å². The summed E-state index contributed by atoms with van der Waals surface area (Å²) >= 11 is 6.19. The van der Waals surface area contributed by atoms with E-state index in [2.05, 4.69) is 23.3 Å². The topological polar surface area (TPSA) is 38.1 Å². The van der Waals surface area contributed by atoms with Crippen LogP contribution in [0.1, 0.15) is 28.6 Å². The molecule has 0 saturated carbocycles. The molecular formula is C17H17ClN2O. The van der Waals surface area contributed by atoms with E-state index in [1.54, 1.807) is 0 Å². The molecule has 108 valence electrons. The highest BCUT2D eigenvalue weighted by atomic mass is 35.5. The van der Waals surface area contributed by atoms with Crippen LogP contribution in [-0.2, 0) is 0 Å². The second kappa shape index (κ2) is 5.51. The summed E-state index contributed by atoms with van der Waals surface area (Å²) in [5.41, 5.74) is 3.98. The van der Waals surface area contributed by atoms with E-state index in [1.165, 1.54) is 0 Å². The van der Waals surface area contributed by atoms with Gasteiger partial charge < -0.3 is 9.73 Å². The lowest BCUT2D eigenvalue weighted by atomic mass is 10.0. The van der Waals surface area contributed by atoms with E-state index in [0.717, 1.165) is 33.6 Å². The SMILES string of the molecule is CNC(c1cc2cccc(Cl)c2o1)c1ncc(C)cc1C. The van der Waals surface area contributed by atoms with Gasteiger partial charge in [-0.3, -0.25) is 4.98 Å². The largest absolute Gasteiger partial charge is 0.457 e. The number of nitrogens with zero attached hydrogens (tertiary/aromatic N) is 1. The standard InChI is InChI=1S/C17H17ClN2O/c1-10-7-11(2)15(20-9-10)16(19-3)14-8-12-5-4-6-13(18)17(12)21-14/h4-9,16,19H,1-3H3. The number of fused-ring (bicyclic) bond motifs is 1. The normalized spacial score (nSPS) is 12.8. The van der Waals surface area contributed by atoms with E-state index in [9.17, 15) is 0 Å². The Morgan fingerprint density at radius 2 is 2.05 bits per heavy atom. The molecule has 0 aliphatic rings. The van der Waals surface area contributed by atoms with Crippen molar-refractivity contribution in [3.63, 3.8) is 0 Å². The van der Waals surface area contributed by atoms with Gasteiger partial charge in [0.25, 0.3) is 0 Å². The van der Waals surface area contributed by atoms with Crippen molar-refractivity contribution in [3.8, 4) is 0 Å². The average Bonchev–Trinajstić information content (AvgIpc) is 2.87. The summed E-state index contributed by atoms with van der Waals surface area (Å²) in [7, 11) is 1.90. The van der Waals surface area contributed by atoms with E-state index >= 15 is 0 Å². The Morgan fingerprint density at radius 1 is 1.24 bits per heavy atom. The van der Waals surface area contributed by atoms with Gasteiger partial charge in [0.15, 0.2) is 5.58 Å². The van der Waals surface area contributed by atoms with Crippen LogP contribution in [-0.4, -0.2) is 12.0 Å². The number of benzene rings is 1. The Labute approximate surface area is 128 Å². The smallest absolute Gasteiger partial charge is 0.152 e. The van der Waals surface area contributed by atoms with Crippen molar-refractivity contribution in [1.82, 2.24) is 10.3 Å². The van der Waals surface area contributed by atoms with Crippen molar-refractivity contribution in [2.45, 2.75) is 19.9 Å². The maximum Gasteiger partial charge on any atom is 0.152 e. The molecular weight excluding hydrogens is 284 g/mol. The van der Waals surface area contributed by atoms with Crippen LogP contribution in [0.3, 0.4) is 0 Å². The predicted octanol–water partition coefficient (Wildman–Crippen LogP) is 4.41. The predicted molar refractivity (Wildman–Crippen MR) is 85.8 cm³/mol. The molecule has 2 heterocycles. The number of halogens is 1. The summed E-state index contributed by atoms with van der Waals surface area (Å²) in [6.07, 6.45) is 1.88. The van der Waals surface area contributed by atoms with Crippen LogP contribution in [0.2, 0.25) is 5.02 Å². The lowest BCUT2D eigenvalue weighted by Gasteiger charge is -2.15. The summed E-state index contributed by atoms with van der Waals surface area (Å²) in [5.74, 6) is 0.819. The van der Waals surface area contributed by atoms with Gasteiger partial charge in [-0.05, 0) is 44.2 Å². The van der Waals surface area contributed by atoms with E-state index in [0.29, 0.717) is 5.02 Å². The van der Waals surface area contributed by atoms with Crippen molar-refractivity contribution in [1.29, 1.82) is 0 Å². The molecule has 0 fully saturated rings. The van der Waals surface area contributed by atoms with Gasteiger partial charge in [0.1, 0.15) is 11.8 Å². The Balaban J connectivity index is 2.11. The molecule has 1 unspecified atom stereocenters. The molecule has 0 radical (unpaired) electrons. The summed E-state index contributed by atoms with van der Waals surface area (Å²) in [4.78, 5) is 4.56. The van der Waals surface area contributed by atoms with Crippen LogP contribution in [0.5, 0.6) is 0 Å². The third kappa shape index (κ3) is 2.55. The first-order valence-corrected chi connectivity index (χ1v) is 7.26. The molecule has 21 heavy (non-hydrogen) atoms. The number of aryl methyl sites for hydroxylation is 2. The van der Waals surface area contributed by atoms with Crippen molar-refractivity contribution < 1.29 is 4.42 Å². The minimum atomic E-state index is -0.0888. The number of rotatable bonds is 3. The number of pyridine rings is 1. The van der Waals surface area contributed by atoms with Crippen molar-refractivity contribution in [3.05, 3.63) is 64.1 Å². The molecule has 0 aliphatic carbocycles. The molecule has 0 aliphatic heterocycles. The van der Waals surface area contributed by atoms with E-state index in [-0.39, 0.29) is 6.04 Å². The van der Waals surface area contributed by atoms with Crippen molar-refractivity contribution >= 4 is 22.6 Å². The fourth-order valence-electron chi connectivity index (χ4n) is 2.63. The number of hydrogen-bond donors (Lipinski definition) is 1. The number of hydrogen-bond acceptors (Lipinski definition) is 3. The van der Waals surface area contributed by atoms with E-state index in [4.69, 9.17) is 16.0 Å². The van der Waals surface area contributed by atoms with Crippen LogP contribution >= 0.6 is 11.6 Å². The zero-order valence-corrected chi connectivity index (χ0v) is 13.0. The van der Waals surface area contributed by atoms with Crippen molar-refractivity contribution in [2.24, 2.45) is 0 Å². The van der Waals surface area contributed by atoms with Gasteiger partial charge in [-0.2, -0.15) is 0 Å². The minimum absolute atomic E-state index is 0.0888. The lowest BCUT2D eigenvalue weighted by Crippen LogP contribution is -2.19. The monoisotopic (exact) mass is 300 g/mol. The van der Waals surface area contributed by atoms with Crippen LogP contribution in [0.15, 0.2) is 40.9 Å². The zero-order chi connectivity index (χ0) is 15.0. The van der Waals surface area contributed by atoms with Gasteiger partial charge in [0.2, 0.25) is 0 Å². The molecule has 3 rings (SSSR count). The molecule has 1 atom stereocenters. The molecule has 0 amide bonds. The van der Waals surface area contributed by atoms with Gasteiger partial charge >= 0.3 is 0 Å². The molecule has 0 bridgehead atoms. The summed E-state index contributed by atoms with van der Waals surface area (Å²) < 4.78 is 5.96. The molecule has 0 spiro atoms. The molecule has 3 nitrogen and oxygen atoms in total. The fraction of sp³-hybridized carbons (Fsp3) is 0.235. The highest BCUT2D eigenvalue weighted by molar-refractivity contribution is 6.34. The van der Waals surface area contributed by atoms with Gasteiger partial charge in [0.05, 0.1) is 10.7 Å². The van der Waals surface area contributed by atoms with E-state index in [1.807, 2.05) is 44.4 Å². The molecule has 2 aromatic heterocycles. The Hall–Kier alpha value is -1.84. The molecule has 4 heteroatoms. The van der Waals surface area contributed by atoms with Gasteiger partial charge in [-0.15, -0.1) is 0 Å². The Morgan fingerprint density at radius 3 is 2.71 bits per heavy atom. The van der Waals surface area contributed by atoms with Crippen LogP contribution in [0.25, 0.3) is 11.0 Å². The third-order valence-corrected chi connectivity index (χ3v) is 3.91. The lowest BCUT2D eigenvalue weighted by molar-refractivity contribution is 0.484. The third-order valence-electron chi connectivity index (χ3n) is 3.62. The van der Waals surface area contributed by atoms with Gasteiger partial charge in [0, 0.05) is 11.6 Å². The Bertz CT molecular complexity index is 795. The average molecular weight is 301 g/mol. The Kier molecular flexibility index (Phi) is 3.70. The molecule has 0 saturated heterocycles. The molecule has 1 N–H and O–H groups in total. The maximum atomic E-state index is 6.19. The van der Waals surface area contributed by atoms with Gasteiger partial charge in [-0.25, -0.2) is 0 Å². The highest BCUT2D eigenvalue weighted by Crippen LogP contribution is 2.32. The summed E-state index contributed by atoms with van der Waals surface area (Å²) in [6.45, 7) is 4.11. The van der Waals surface area contributed by atoms with Crippen LogP contribution in [0, 0.1) is 13.8 Å². The fourth-order valence-corrected chi connectivity index (χ4v) is 2.85. The second-order valence-electron chi connectivity index (χ2n) is 5.24. The first kappa shape index (κ1) is 14.1. The number of furan rings is 1. The number of nitrogens with one attached hydrogen (secondary N) is 1. The van der Waals surface area contributed by atoms with Crippen LogP contribution < -0.4 is 5.32 Å². The molecule has 1 aromatic carbocycles. The zero-order valence-electron chi connectivity index (χ0n) is 12.3. The quantitative estimate of drug-likeness (QED) is 0.779. The maximum absolute atomic E-state index is 6.19. The number of aromatic nitrogens is 1. The highest BCUT2D eigenvalue weighted by Gasteiger charge is 2.20. The van der Waals surface area contributed by atoms with Crippen LogP contribution in [0.4, 0.5) is 0 Å². The molecule has 3 aromatic rings. The summed E-state index contributed by atoms with van der Waals surface area (Å²) in [6, 6.07) is 9.81. The summed E-state index contributed by atoms with van der Waals surface area (Å²) in [5, 5.41) is 4.91. The second-order valence-corrected chi connectivity index (χ2v) is 5.65. The first-order valence-electron chi connectivity index (χ1n) is 6.88. The van der Waals surface area contributed by atoms with E-state index < -0.39 is 0 Å².